The molecule has 2 heterocycles. The minimum atomic E-state index is -1.17. The first-order valence-electron chi connectivity index (χ1n) is 13.9. The van der Waals surface area contributed by atoms with Crippen LogP contribution in [-0.4, -0.2) is 57.9 Å². The number of hydrogen-bond donors (Lipinski definition) is 4. The van der Waals surface area contributed by atoms with E-state index in [0.717, 1.165) is 35.5 Å². The fraction of sp³-hybridized carbons (Fsp3) is 0.643. The van der Waals surface area contributed by atoms with Gasteiger partial charge in [-0.1, -0.05) is 38.6 Å². The minimum Gasteiger partial charge on any atom is -0.394 e. The van der Waals surface area contributed by atoms with Crippen molar-refractivity contribution in [2.24, 2.45) is 11.8 Å². The van der Waals surface area contributed by atoms with E-state index >= 15 is 4.39 Å². The maximum Gasteiger partial charge on any atom is 0.189 e. The van der Waals surface area contributed by atoms with Gasteiger partial charge in [0.05, 0.1) is 25.0 Å². The van der Waals surface area contributed by atoms with E-state index in [1.165, 1.54) is 12.1 Å². The highest BCUT2D eigenvalue weighted by atomic mass is 32.2. The van der Waals surface area contributed by atoms with E-state index in [0.29, 0.717) is 23.8 Å². The molecule has 1 aromatic heterocycles. The van der Waals surface area contributed by atoms with Crippen molar-refractivity contribution < 1.29 is 23.0 Å². The zero-order chi connectivity index (χ0) is 27.7. The highest BCUT2D eigenvalue weighted by Crippen LogP contribution is 2.47. The van der Waals surface area contributed by atoms with E-state index in [4.69, 9.17) is 19.8 Å². The van der Waals surface area contributed by atoms with Crippen LogP contribution in [0.5, 0.6) is 0 Å². The zero-order valence-electron chi connectivity index (χ0n) is 22.6. The van der Waals surface area contributed by atoms with Gasteiger partial charge in [-0.15, -0.1) is 0 Å². The summed E-state index contributed by atoms with van der Waals surface area (Å²) in [6.45, 7) is 6.24. The molecule has 214 valence electrons. The van der Waals surface area contributed by atoms with Gasteiger partial charge < -0.3 is 20.6 Å². The molecule has 2 aromatic rings. The molecule has 39 heavy (non-hydrogen) atoms. The number of benzene rings is 1. The van der Waals surface area contributed by atoms with E-state index in [9.17, 15) is 8.78 Å². The number of ether oxygens (including phenoxy) is 1. The Labute approximate surface area is 232 Å². The van der Waals surface area contributed by atoms with Crippen LogP contribution < -0.4 is 16.2 Å². The van der Waals surface area contributed by atoms with Crippen LogP contribution in [0.2, 0.25) is 0 Å². The third-order valence-electron chi connectivity index (χ3n) is 8.62. The second kappa shape index (κ2) is 11.8. The number of thioether (sulfide) groups is 1. The number of nitrogens with one attached hydrogen (secondary N) is 3. The number of alkyl halides is 1. The van der Waals surface area contributed by atoms with Gasteiger partial charge >= 0.3 is 0 Å². The number of aryl methyl sites for hydroxylation is 1. The Kier molecular flexibility index (Phi) is 8.61. The number of nitrogens with zero attached hydrogens (tertiary/aromatic N) is 2. The van der Waals surface area contributed by atoms with E-state index in [-0.39, 0.29) is 43.4 Å². The monoisotopic (exact) mass is 565 g/mol. The van der Waals surface area contributed by atoms with Crippen LogP contribution in [0.25, 0.3) is 0 Å². The molecule has 1 unspecified atom stereocenters. The lowest BCUT2D eigenvalue weighted by Crippen LogP contribution is -2.62. The third kappa shape index (κ3) is 5.87. The molecule has 2 saturated carbocycles. The van der Waals surface area contributed by atoms with Crippen molar-refractivity contribution in [1.29, 1.82) is 0 Å². The molecule has 11 heteroatoms. The molecule has 7 nitrogen and oxygen atoms in total. The minimum absolute atomic E-state index is 0.0326. The number of aromatic nitrogens is 2. The Bertz CT molecular complexity index is 1180. The predicted molar refractivity (Wildman–Crippen MR) is 147 cm³/mol. The summed E-state index contributed by atoms with van der Waals surface area (Å²) in [5.74, 6) is -0.0369. The molecule has 1 aromatic carbocycles. The quantitative estimate of drug-likeness (QED) is 0.243. The topological polar surface area (TPSA) is 91.3 Å². The van der Waals surface area contributed by atoms with Crippen molar-refractivity contribution in [1.82, 2.24) is 15.4 Å². The predicted octanol–water partition coefficient (Wildman–Crippen LogP) is 5.22. The summed E-state index contributed by atoms with van der Waals surface area (Å²) in [4.78, 5) is 9.69. The highest BCUT2D eigenvalue weighted by molar-refractivity contribution is 7.99. The first-order valence-corrected chi connectivity index (χ1v) is 14.9. The third-order valence-corrected chi connectivity index (χ3v) is 9.68. The van der Waals surface area contributed by atoms with Gasteiger partial charge in [-0.25, -0.2) is 28.6 Å². The fourth-order valence-electron chi connectivity index (χ4n) is 6.10. The maximum absolute atomic E-state index is 15.4. The first-order chi connectivity index (χ1) is 18.8. The average Bonchev–Trinajstić information content (AvgIpc) is 3.71. The molecule has 3 aliphatic rings. The van der Waals surface area contributed by atoms with Crippen molar-refractivity contribution >= 4 is 23.3 Å². The number of anilines is 2. The number of hydrazine groups is 1. The van der Waals surface area contributed by atoms with E-state index < -0.39 is 29.4 Å². The van der Waals surface area contributed by atoms with Gasteiger partial charge in [0.1, 0.15) is 11.9 Å². The van der Waals surface area contributed by atoms with Gasteiger partial charge in [-0.05, 0) is 55.2 Å². The van der Waals surface area contributed by atoms with Crippen molar-refractivity contribution in [3.63, 3.8) is 0 Å². The van der Waals surface area contributed by atoms with Crippen LogP contribution in [-0.2, 0) is 11.2 Å². The molecule has 0 bridgehead atoms. The summed E-state index contributed by atoms with van der Waals surface area (Å²) in [5, 5.41) is 13.4. The van der Waals surface area contributed by atoms with Gasteiger partial charge in [0, 0.05) is 29.7 Å². The Morgan fingerprint density at radius 3 is 2.79 bits per heavy atom. The molecular weight excluding hydrogens is 527 g/mol. The van der Waals surface area contributed by atoms with Crippen LogP contribution in [0.3, 0.4) is 0 Å². The molecule has 0 amide bonds. The van der Waals surface area contributed by atoms with Gasteiger partial charge in [-0.3, -0.25) is 0 Å². The number of halogens is 3. The lowest BCUT2D eigenvalue weighted by atomic mass is 9.64. The largest absolute Gasteiger partial charge is 0.394 e. The molecule has 1 aliphatic heterocycles. The molecule has 0 saturated heterocycles. The summed E-state index contributed by atoms with van der Waals surface area (Å²) in [5.41, 5.74) is 8.71. The van der Waals surface area contributed by atoms with E-state index in [2.05, 4.69) is 30.0 Å². The van der Waals surface area contributed by atoms with Crippen LogP contribution >= 0.6 is 11.8 Å². The Morgan fingerprint density at radius 2 is 2.05 bits per heavy atom. The summed E-state index contributed by atoms with van der Waals surface area (Å²) >= 11 is 1.60. The van der Waals surface area contributed by atoms with Crippen LogP contribution in [0.15, 0.2) is 23.4 Å². The molecule has 1 spiro atoms. The second-order valence-electron chi connectivity index (χ2n) is 11.1. The Morgan fingerprint density at radius 1 is 1.23 bits per heavy atom. The fourth-order valence-corrected chi connectivity index (χ4v) is 6.82. The molecule has 5 rings (SSSR count). The normalized spacial score (nSPS) is 31.9. The maximum atomic E-state index is 15.4. The first kappa shape index (κ1) is 28.4. The Balaban J connectivity index is 1.37. The van der Waals surface area contributed by atoms with Crippen LogP contribution in [0, 0.1) is 23.5 Å². The van der Waals surface area contributed by atoms with Crippen molar-refractivity contribution in [2.75, 3.05) is 29.7 Å². The second-order valence-corrected chi connectivity index (χ2v) is 12.2. The lowest BCUT2D eigenvalue weighted by Gasteiger charge is -2.50. The van der Waals surface area contributed by atoms with E-state index in [1.54, 1.807) is 17.8 Å². The van der Waals surface area contributed by atoms with E-state index in [1.807, 2.05) is 6.92 Å². The highest BCUT2D eigenvalue weighted by Gasteiger charge is 2.51. The number of fused-ring (bicyclic) bond motifs is 1. The van der Waals surface area contributed by atoms with Crippen molar-refractivity contribution in [2.45, 2.75) is 87.8 Å². The number of aliphatic hydroxyl groups excluding tert-OH is 1. The number of aliphatic hydroxyl groups is 1. The molecular formula is C28H38F3N5O2S. The number of rotatable bonds is 9. The van der Waals surface area contributed by atoms with Crippen molar-refractivity contribution in [3.05, 3.63) is 41.1 Å². The Hall–Kier alpha value is -2.08. The number of hydrogen-bond acceptors (Lipinski definition) is 8. The van der Waals surface area contributed by atoms with Crippen LogP contribution in [0.4, 0.5) is 24.7 Å². The molecule has 2 fully saturated rings. The van der Waals surface area contributed by atoms with Gasteiger partial charge in [0.25, 0.3) is 0 Å². The van der Waals surface area contributed by atoms with Crippen molar-refractivity contribution in [3.8, 4) is 0 Å². The van der Waals surface area contributed by atoms with Crippen LogP contribution in [0.1, 0.15) is 63.6 Å². The standard InChI is InChI=1S/C28H38F3N5O2S/c1-4-11-39-27-33-22-7-8-28(14-21(31)25(38-10-9-37)15(2)16(28)3)36-35-24(22)26(34-27)32-23-13-18(23)17-5-6-19(29)20(30)12-17/h5-6,12,15-16,18,21,23,25,35-37H,4,7-11,13-14H2,1-3H3,(H,32,33,34)/t15-,16+,18-,21-,23+,25?,28-/m0/s1. The van der Waals surface area contributed by atoms with Gasteiger partial charge in [0.15, 0.2) is 22.6 Å². The molecule has 0 radical (unpaired) electrons. The molecule has 4 N–H and O–H groups in total. The SMILES string of the molecule is CCCSc1nc2c(c(N[C@@H]3C[C@H]3c3ccc(F)c(F)c3)n1)NN[C@@]1(CC2)C[C@H](F)C(OCCO)[C@@H](C)[C@H]1C. The zero-order valence-corrected chi connectivity index (χ0v) is 23.5. The summed E-state index contributed by atoms with van der Waals surface area (Å²) in [7, 11) is 0. The molecule has 7 atom stereocenters. The lowest BCUT2D eigenvalue weighted by molar-refractivity contribution is -0.107. The van der Waals surface area contributed by atoms with Gasteiger partial charge in [0.2, 0.25) is 0 Å². The molecule has 2 aliphatic carbocycles. The average molecular weight is 566 g/mol. The van der Waals surface area contributed by atoms with Gasteiger partial charge in [-0.2, -0.15) is 0 Å². The summed E-state index contributed by atoms with van der Waals surface area (Å²) in [6, 6.07) is 4.11. The summed E-state index contributed by atoms with van der Waals surface area (Å²) < 4.78 is 48.4. The summed E-state index contributed by atoms with van der Waals surface area (Å²) in [6.07, 6.45) is 1.68. The smallest absolute Gasteiger partial charge is 0.189 e.